The third-order valence-electron chi connectivity index (χ3n) is 6.01. The van der Waals surface area contributed by atoms with Crippen molar-refractivity contribution in [3.05, 3.63) is 53.4 Å². The van der Waals surface area contributed by atoms with Crippen LogP contribution in [0, 0.1) is 5.92 Å². The Kier molecular flexibility index (Phi) is 6.62. The summed E-state index contributed by atoms with van der Waals surface area (Å²) in [6.45, 7) is 4.44. The number of amides is 1. The number of halogens is 1. The van der Waals surface area contributed by atoms with Gasteiger partial charge >= 0.3 is 0 Å². The molecule has 4 rings (SSSR count). The number of carbonyl (C=O) groups is 1. The van der Waals surface area contributed by atoms with Crippen molar-refractivity contribution < 1.29 is 4.79 Å². The van der Waals surface area contributed by atoms with Crippen LogP contribution in [0.25, 0.3) is 0 Å². The highest BCUT2D eigenvalue weighted by Gasteiger charge is 2.31. The van der Waals surface area contributed by atoms with Gasteiger partial charge in [-0.15, -0.1) is 0 Å². The van der Waals surface area contributed by atoms with Crippen molar-refractivity contribution in [3.63, 3.8) is 0 Å². The molecule has 0 aliphatic carbocycles. The number of aromatic nitrogens is 2. The van der Waals surface area contributed by atoms with Gasteiger partial charge in [0.15, 0.2) is 0 Å². The van der Waals surface area contributed by atoms with Crippen molar-refractivity contribution in [1.29, 1.82) is 0 Å². The molecule has 2 aromatic rings. The van der Waals surface area contributed by atoms with Gasteiger partial charge in [0.1, 0.15) is 5.82 Å². The van der Waals surface area contributed by atoms with Crippen molar-refractivity contribution in [2.45, 2.75) is 38.3 Å². The maximum Gasteiger partial charge on any atom is 0.224 e. The van der Waals surface area contributed by atoms with E-state index in [1.54, 1.807) is 12.4 Å². The monoisotopic (exact) mass is 413 g/mol. The smallest absolute Gasteiger partial charge is 0.224 e. The summed E-state index contributed by atoms with van der Waals surface area (Å²) >= 11 is 5.95. The number of rotatable bonds is 5. The van der Waals surface area contributed by atoms with Gasteiger partial charge in [-0.05, 0) is 56.5 Å². The first-order valence-corrected chi connectivity index (χ1v) is 10.8. The summed E-state index contributed by atoms with van der Waals surface area (Å²) < 4.78 is 0. The average molecular weight is 414 g/mol. The molecule has 0 unspecified atom stereocenters. The largest absolute Gasteiger partial charge is 0.357 e. The average Bonchev–Trinajstić information content (AvgIpc) is 2.79. The molecule has 2 aliphatic rings. The second-order valence-electron chi connectivity index (χ2n) is 7.93. The number of nitrogens with one attached hydrogen (secondary N) is 1. The summed E-state index contributed by atoms with van der Waals surface area (Å²) in [5.74, 6) is 1.23. The van der Waals surface area contributed by atoms with Gasteiger partial charge in [0, 0.05) is 38.1 Å². The van der Waals surface area contributed by atoms with Crippen molar-refractivity contribution in [3.8, 4) is 0 Å². The predicted molar refractivity (Wildman–Crippen MR) is 115 cm³/mol. The molecule has 1 atom stereocenters. The number of pyridine rings is 2. The van der Waals surface area contributed by atoms with E-state index in [0.717, 1.165) is 63.4 Å². The number of hydrogen-bond donors (Lipinski definition) is 1. The third-order valence-corrected chi connectivity index (χ3v) is 6.23. The van der Waals surface area contributed by atoms with E-state index >= 15 is 0 Å². The van der Waals surface area contributed by atoms with Crippen molar-refractivity contribution in [2.24, 2.45) is 5.92 Å². The molecule has 29 heavy (non-hydrogen) atoms. The van der Waals surface area contributed by atoms with Crippen molar-refractivity contribution >= 4 is 23.3 Å². The molecule has 7 heteroatoms. The van der Waals surface area contributed by atoms with E-state index in [2.05, 4.69) is 25.1 Å². The minimum atomic E-state index is 0.0726. The molecule has 1 amide bonds. The normalized spacial score (nSPS) is 21.1. The van der Waals surface area contributed by atoms with E-state index in [1.807, 2.05) is 30.3 Å². The van der Waals surface area contributed by atoms with Gasteiger partial charge in [-0.3, -0.25) is 14.7 Å². The van der Waals surface area contributed by atoms with Gasteiger partial charge in [-0.1, -0.05) is 17.7 Å². The zero-order valence-electron chi connectivity index (χ0n) is 16.6. The van der Waals surface area contributed by atoms with Crippen LogP contribution in [0.3, 0.4) is 0 Å². The van der Waals surface area contributed by atoms with Gasteiger partial charge in [-0.25, -0.2) is 4.98 Å². The molecule has 4 heterocycles. The highest BCUT2D eigenvalue weighted by molar-refractivity contribution is 6.30. The Labute approximate surface area is 177 Å². The Bertz CT molecular complexity index is 793. The van der Waals surface area contributed by atoms with Gasteiger partial charge in [-0.2, -0.15) is 0 Å². The minimum absolute atomic E-state index is 0.0726. The molecule has 0 aromatic carbocycles. The van der Waals surface area contributed by atoms with Crippen LogP contribution in [0.1, 0.15) is 31.4 Å². The van der Waals surface area contributed by atoms with E-state index in [1.165, 1.54) is 0 Å². The zero-order valence-corrected chi connectivity index (χ0v) is 17.4. The fourth-order valence-corrected chi connectivity index (χ4v) is 4.50. The van der Waals surface area contributed by atoms with E-state index in [0.29, 0.717) is 17.6 Å². The predicted octanol–water partition coefficient (Wildman–Crippen LogP) is 3.13. The molecule has 0 bridgehead atoms. The lowest BCUT2D eigenvalue weighted by Gasteiger charge is -2.42. The standard InChI is InChI=1S/C22H28ClN5O/c23-18-6-7-21(25-14-18)27-12-8-20(9-13-27)28-11-3-4-17(16-28)22(29)26-15-19-5-1-2-10-24-19/h1-2,5-7,10,14,17,20H,3-4,8-9,11-13,15-16H2,(H,26,29)/t17-/m0/s1. The Morgan fingerprint density at radius 1 is 1.10 bits per heavy atom. The Morgan fingerprint density at radius 2 is 1.97 bits per heavy atom. The number of likely N-dealkylation sites (tertiary alicyclic amines) is 1. The molecule has 2 saturated heterocycles. The quantitative estimate of drug-likeness (QED) is 0.815. The molecule has 0 saturated carbocycles. The Hall–Kier alpha value is -2.18. The topological polar surface area (TPSA) is 61.4 Å². The Balaban J connectivity index is 1.26. The van der Waals surface area contributed by atoms with E-state index in [9.17, 15) is 4.79 Å². The molecular formula is C22H28ClN5O. The number of nitrogens with zero attached hydrogens (tertiary/aromatic N) is 4. The van der Waals surface area contributed by atoms with Crippen LogP contribution in [0.2, 0.25) is 5.02 Å². The molecule has 1 N–H and O–H groups in total. The maximum atomic E-state index is 12.7. The number of hydrogen-bond acceptors (Lipinski definition) is 5. The molecule has 2 fully saturated rings. The molecule has 0 radical (unpaired) electrons. The second-order valence-corrected chi connectivity index (χ2v) is 8.36. The zero-order chi connectivity index (χ0) is 20.1. The van der Waals surface area contributed by atoms with Gasteiger partial charge in [0.2, 0.25) is 5.91 Å². The van der Waals surface area contributed by atoms with Crippen LogP contribution in [-0.4, -0.2) is 53.0 Å². The van der Waals surface area contributed by atoms with Crippen molar-refractivity contribution in [1.82, 2.24) is 20.2 Å². The fraction of sp³-hybridized carbons (Fsp3) is 0.500. The first kappa shape index (κ1) is 20.1. The minimum Gasteiger partial charge on any atom is -0.357 e. The number of piperidine rings is 2. The van der Waals surface area contributed by atoms with Crippen LogP contribution in [0.15, 0.2) is 42.7 Å². The van der Waals surface area contributed by atoms with E-state index < -0.39 is 0 Å². The molecule has 0 spiro atoms. The SMILES string of the molecule is O=C(NCc1ccccn1)[C@H]1CCCN(C2CCN(c3ccc(Cl)cn3)CC2)C1. The van der Waals surface area contributed by atoms with Crippen LogP contribution in [0.4, 0.5) is 5.82 Å². The number of anilines is 1. The van der Waals surface area contributed by atoms with E-state index in [-0.39, 0.29) is 11.8 Å². The van der Waals surface area contributed by atoms with Crippen LogP contribution in [0.5, 0.6) is 0 Å². The van der Waals surface area contributed by atoms with Gasteiger partial charge < -0.3 is 10.2 Å². The summed E-state index contributed by atoms with van der Waals surface area (Å²) in [6.07, 6.45) is 7.73. The lowest BCUT2D eigenvalue weighted by Crippen LogP contribution is -2.50. The highest BCUT2D eigenvalue weighted by Crippen LogP contribution is 2.26. The molecular weight excluding hydrogens is 386 g/mol. The number of carbonyl (C=O) groups excluding carboxylic acids is 1. The Morgan fingerprint density at radius 3 is 2.69 bits per heavy atom. The molecule has 6 nitrogen and oxygen atoms in total. The van der Waals surface area contributed by atoms with Crippen molar-refractivity contribution in [2.75, 3.05) is 31.1 Å². The van der Waals surface area contributed by atoms with Crippen LogP contribution >= 0.6 is 11.6 Å². The first-order valence-electron chi connectivity index (χ1n) is 10.5. The molecule has 154 valence electrons. The molecule has 2 aliphatic heterocycles. The summed E-state index contributed by atoms with van der Waals surface area (Å²) in [6, 6.07) is 10.2. The lowest BCUT2D eigenvalue weighted by atomic mass is 9.93. The summed E-state index contributed by atoms with van der Waals surface area (Å²) in [5.41, 5.74) is 0.900. The van der Waals surface area contributed by atoms with Gasteiger partial charge in [0.05, 0.1) is 23.2 Å². The van der Waals surface area contributed by atoms with E-state index in [4.69, 9.17) is 11.6 Å². The fourth-order valence-electron chi connectivity index (χ4n) is 4.39. The second kappa shape index (κ2) is 9.55. The molecule has 2 aromatic heterocycles. The first-order chi connectivity index (χ1) is 14.2. The summed E-state index contributed by atoms with van der Waals surface area (Å²) in [7, 11) is 0. The summed E-state index contributed by atoms with van der Waals surface area (Å²) in [4.78, 5) is 26.2. The summed E-state index contributed by atoms with van der Waals surface area (Å²) in [5, 5.41) is 3.74. The lowest BCUT2D eigenvalue weighted by molar-refractivity contribution is -0.127. The third kappa shape index (κ3) is 5.25. The van der Waals surface area contributed by atoms with Crippen LogP contribution < -0.4 is 10.2 Å². The highest BCUT2D eigenvalue weighted by atomic mass is 35.5. The maximum absolute atomic E-state index is 12.7. The van der Waals surface area contributed by atoms with Crippen LogP contribution in [-0.2, 0) is 11.3 Å². The van der Waals surface area contributed by atoms with Gasteiger partial charge in [0.25, 0.3) is 0 Å².